The van der Waals surface area contributed by atoms with Gasteiger partial charge in [-0.15, -0.1) is 0 Å². The molecule has 106 valence electrons. The molecule has 0 aromatic carbocycles. The number of allylic oxidation sites excluding steroid dienone is 3. The highest BCUT2D eigenvalue weighted by Gasteiger charge is 2.32. The summed E-state index contributed by atoms with van der Waals surface area (Å²) in [7, 11) is 1.89. The quantitative estimate of drug-likeness (QED) is 0.847. The molecule has 1 saturated heterocycles. The number of hydrogen-bond acceptors (Lipinski definition) is 2. The Morgan fingerprint density at radius 2 is 2.16 bits per heavy atom. The molecule has 2 rings (SSSR count). The summed E-state index contributed by atoms with van der Waals surface area (Å²) in [5.74, 6) is 0.843. The first-order valence-electron chi connectivity index (χ1n) is 7.29. The van der Waals surface area contributed by atoms with Gasteiger partial charge in [0.15, 0.2) is 0 Å². The topological polar surface area (TPSA) is 32.3 Å². The monoisotopic (exact) mass is 262 g/mol. The number of nitrogens with zero attached hydrogens (tertiary/aromatic N) is 1. The highest BCUT2D eigenvalue weighted by molar-refractivity contribution is 5.82. The Balaban J connectivity index is 2.11. The lowest BCUT2D eigenvalue weighted by Crippen LogP contribution is -2.45. The highest BCUT2D eigenvalue weighted by Crippen LogP contribution is 2.33. The molecular formula is C16H26N2O. The van der Waals surface area contributed by atoms with Crippen molar-refractivity contribution in [1.29, 1.82) is 0 Å². The van der Waals surface area contributed by atoms with Gasteiger partial charge in [0.2, 0.25) is 5.91 Å². The fourth-order valence-corrected chi connectivity index (χ4v) is 2.95. The molecule has 0 spiro atoms. The first kappa shape index (κ1) is 14.3. The van der Waals surface area contributed by atoms with Gasteiger partial charge >= 0.3 is 0 Å². The molecular weight excluding hydrogens is 236 g/mol. The van der Waals surface area contributed by atoms with Crippen LogP contribution >= 0.6 is 0 Å². The largest absolute Gasteiger partial charge is 0.337 e. The van der Waals surface area contributed by atoms with E-state index in [0.29, 0.717) is 5.92 Å². The Hall–Kier alpha value is -1.09. The zero-order chi connectivity index (χ0) is 14.0. The molecule has 2 atom stereocenters. The van der Waals surface area contributed by atoms with Crippen LogP contribution in [0.1, 0.15) is 33.6 Å². The number of rotatable bonds is 3. The van der Waals surface area contributed by atoms with Crippen LogP contribution in [-0.2, 0) is 4.79 Å². The lowest BCUT2D eigenvalue weighted by molar-refractivity contribution is -0.132. The number of hydrogen-bond donors (Lipinski definition) is 1. The summed E-state index contributed by atoms with van der Waals surface area (Å²) in [5, 5.41) is 3.16. The molecule has 1 amide bonds. The van der Waals surface area contributed by atoms with Crippen LogP contribution in [0.4, 0.5) is 0 Å². The minimum absolute atomic E-state index is 0.0111. The molecule has 1 heterocycles. The number of carbonyl (C=O) groups is 1. The van der Waals surface area contributed by atoms with Gasteiger partial charge < -0.3 is 10.2 Å². The number of amides is 1. The van der Waals surface area contributed by atoms with E-state index in [2.05, 4.69) is 44.3 Å². The van der Waals surface area contributed by atoms with Crippen molar-refractivity contribution in [2.45, 2.75) is 39.7 Å². The van der Waals surface area contributed by atoms with Crippen molar-refractivity contribution >= 4 is 5.91 Å². The molecule has 1 N–H and O–H groups in total. The van der Waals surface area contributed by atoms with Crippen LogP contribution < -0.4 is 5.32 Å². The fraction of sp³-hybridized carbons (Fsp3) is 0.688. The van der Waals surface area contributed by atoms with E-state index in [1.807, 2.05) is 11.9 Å². The van der Waals surface area contributed by atoms with Crippen LogP contribution in [-0.4, -0.2) is 37.0 Å². The van der Waals surface area contributed by atoms with Crippen LogP contribution in [0.15, 0.2) is 23.8 Å². The summed E-state index contributed by atoms with van der Waals surface area (Å²) >= 11 is 0. The second-order valence-electron chi connectivity index (χ2n) is 6.52. The fourth-order valence-electron chi connectivity index (χ4n) is 2.95. The number of nitrogens with one attached hydrogen (secondary N) is 1. The van der Waals surface area contributed by atoms with E-state index < -0.39 is 0 Å². The Morgan fingerprint density at radius 1 is 1.42 bits per heavy atom. The van der Waals surface area contributed by atoms with Gasteiger partial charge in [-0.05, 0) is 31.4 Å². The maximum atomic E-state index is 12.5. The summed E-state index contributed by atoms with van der Waals surface area (Å²) in [6, 6.07) is -0.0111. The SMILES string of the molecule is CNC1CCC(C)CN(CC2=CC=CC2(C)C)C1=O. The predicted octanol–water partition coefficient (Wildman–Crippen LogP) is 2.36. The van der Waals surface area contributed by atoms with Gasteiger partial charge in [-0.3, -0.25) is 4.79 Å². The van der Waals surface area contributed by atoms with Crippen LogP contribution in [0.3, 0.4) is 0 Å². The van der Waals surface area contributed by atoms with Crippen molar-refractivity contribution in [2.75, 3.05) is 20.1 Å². The average molecular weight is 262 g/mol. The van der Waals surface area contributed by atoms with Crippen LogP contribution in [0, 0.1) is 11.3 Å². The third kappa shape index (κ3) is 3.08. The molecule has 1 aliphatic carbocycles. The first-order valence-corrected chi connectivity index (χ1v) is 7.29. The molecule has 19 heavy (non-hydrogen) atoms. The van der Waals surface area contributed by atoms with Gasteiger partial charge in [0.1, 0.15) is 0 Å². The van der Waals surface area contributed by atoms with Crippen LogP contribution in [0.2, 0.25) is 0 Å². The third-order valence-electron chi connectivity index (χ3n) is 4.44. The maximum absolute atomic E-state index is 12.5. The van der Waals surface area contributed by atoms with Gasteiger partial charge in [0, 0.05) is 18.5 Å². The van der Waals surface area contributed by atoms with Crippen molar-refractivity contribution in [3.8, 4) is 0 Å². The standard InChI is InChI=1S/C16H26N2O/c1-12-7-8-14(17-4)15(19)18(10-12)11-13-6-5-9-16(13,2)3/h5-6,9,12,14,17H,7-8,10-11H2,1-4H3. The highest BCUT2D eigenvalue weighted by atomic mass is 16.2. The lowest BCUT2D eigenvalue weighted by Gasteiger charge is -2.30. The van der Waals surface area contributed by atoms with Gasteiger partial charge in [0.05, 0.1) is 6.04 Å². The van der Waals surface area contributed by atoms with E-state index >= 15 is 0 Å². The van der Waals surface area contributed by atoms with Gasteiger partial charge in [-0.1, -0.05) is 39.0 Å². The van der Waals surface area contributed by atoms with Crippen molar-refractivity contribution < 1.29 is 4.79 Å². The summed E-state index contributed by atoms with van der Waals surface area (Å²) in [6.45, 7) is 8.31. The summed E-state index contributed by atoms with van der Waals surface area (Å²) in [6.07, 6.45) is 8.56. The third-order valence-corrected chi connectivity index (χ3v) is 4.44. The van der Waals surface area contributed by atoms with Crippen LogP contribution in [0.5, 0.6) is 0 Å². The molecule has 0 aromatic heterocycles. The minimum Gasteiger partial charge on any atom is -0.337 e. The molecule has 0 radical (unpaired) electrons. The normalized spacial score (nSPS) is 30.4. The maximum Gasteiger partial charge on any atom is 0.239 e. The van der Waals surface area contributed by atoms with E-state index in [1.165, 1.54) is 5.57 Å². The minimum atomic E-state index is -0.0111. The second kappa shape index (κ2) is 5.49. The van der Waals surface area contributed by atoms with Gasteiger partial charge in [-0.2, -0.15) is 0 Å². The Labute approximate surface area is 116 Å². The lowest BCUT2D eigenvalue weighted by atomic mass is 9.87. The first-order chi connectivity index (χ1) is 8.94. The average Bonchev–Trinajstić information content (AvgIpc) is 2.60. The molecule has 3 nitrogen and oxygen atoms in total. The molecule has 3 heteroatoms. The van der Waals surface area contributed by atoms with Crippen molar-refractivity contribution in [1.82, 2.24) is 10.2 Å². The van der Waals surface area contributed by atoms with E-state index in [9.17, 15) is 4.79 Å². The molecule has 0 saturated carbocycles. The predicted molar refractivity (Wildman–Crippen MR) is 78.8 cm³/mol. The Kier molecular flexibility index (Phi) is 4.14. The molecule has 1 aliphatic heterocycles. The Morgan fingerprint density at radius 3 is 2.74 bits per heavy atom. The van der Waals surface area contributed by atoms with Crippen molar-refractivity contribution in [3.63, 3.8) is 0 Å². The summed E-state index contributed by atoms with van der Waals surface area (Å²) in [5.41, 5.74) is 1.43. The van der Waals surface area contributed by atoms with E-state index in [4.69, 9.17) is 0 Å². The summed E-state index contributed by atoms with van der Waals surface area (Å²) < 4.78 is 0. The molecule has 1 fully saturated rings. The van der Waals surface area contributed by atoms with Crippen LogP contribution in [0.25, 0.3) is 0 Å². The summed E-state index contributed by atoms with van der Waals surface area (Å²) in [4.78, 5) is 14.6. The second-order valence-corrected chi connectivity index (χ2v) is 6.52. The van der Waals surface area contributed by atoms with Gasteiger partial charge in [-0.25, -0.2) is 0 Å². The number of carbonyl (C=O) groups excluding carboxylic acids is 1. The van der Waals surface area contributed by atoms with E-state index in [0.717, 1.165) is 25.9 Å². The zero-order valence-corrected chi connectivity index (χ0v) is 12.6. The number of likely N-dealkylation sites (tertiary alicyclic amines) is 1. The van der Waals surface area contributed by atoms with E-state index in [-0.39, 0.29) is 17.4 Å². The molecule has 0 aromatic rings. The molecule has 2 unspecified atom stereocenters. The Bertz CT molecular complexity index is 409. The van der Waals surface area contributed by atoms with E-state index in [1.54, 1.807) is 0 Å². The molecule has 0 bridgehead atoms. The van der Waals surface area contributed by atoms with Crippen molar-refractivity contribution in [2.24, 2.45) is 11.3 Å². The number of likely N-dealkylation sites (N-methyl/N-ethyl adjacent to an activating group) is 1. The molecule has 2 aliphatic rings. The van der Waals surface area contributed by atoms with Gasteiger partial charge in [0.25, 0.3) is 0 Å². The van der Waals surface area contributed by atoms with Crippen molar-refractivity contribution in [3.05, 3.63) is 23.8 Å². The zero-order valence-electron chi connectivity index (χ0n) is 12.6. The smallest absolute Gasteiger partial charge is 0.239 e.